The van der Waals surface area contributed by atoms with E-state index >= 15 is 0 Å². The first-order chi connectivity index (χ1) is 15.3. The molecule has 0 unspecified atom stereocenters. The number of aromatic nitrogens is 2. The number of benzene rings is 3. The van der Waals surface area contributed by atoms with Crippen molar-refractivity contribution < 1.29 is 0 Å². The molecule has 1 aliphatic heterocycles. The highest BCUT2D eigenvalue weighted by atomic mass is 15.3. The maximum absolute atomic E-state index is 5.03. The number of nitrogens with one attached hydrogen (secondary N) is 1. The van der Waals surface area contributed by atoms with Gasteiger partial charge in [0.1, 0.15) is 5.82 Å². The Bertz CT molecular complexity index is 1070. The lowest BCUT2D eigenvalue weighted by Crippen LogP contribution is -2.46. The van der Waals surface area contributed by atoms with Crippen molar-refractivity contribution in [3.63, 3.8) is 0 Å². The number of aromatic amines is 1. The van der Waals surface area contributed by atoms with E-state index in [4.69, 9.17) is 4.98 Å². The monoisotopic (exact) mass is 408 g/mol. The molecule has 4 heteroatoms. The number of hydrogen-bond acceptors (Lipinski definition) is 3. The van der Waals surface area contributed by atoms with E-state index in [2.05, 4.69) is 101 Å². The molecule has 1 aromatic heterocycles. The molecule has 0 aliphatic carbocycles. The van der Waals surface area contributed by atoms with Crippen molar-refractivity contribution in [2.45, 2.75) is 13.5 Å². The molecule has 0 saturated carbocycles. The number of hydrogen-bond donors (Lipinski definition) is 1. The highest BCUT2D eigenvalue weighted by Gasteiger charge is 2.20. The second kappa shape index (κ2) is 8.78. The van der Waals surface area contributed by atoms with Crippen molar-refractivity contribution in [2.24, 2.45) is 0 Å². The summed E-state index contributed by atoms with van der Waals surface area (Å²) in [4.78, 5) is 13.6. The molecule has 5 rings (SSSR count). The maximum Gasteiger partial charge on any atom is 0.121 e. The van der Waals surface area contributed by atoms with Gasteiger partial charge in [0.15, 0.2) is 0 Å². The lowest BCUT2D eigenvalue weighted by atomic mass is 10.1. The molecule has 1 aliphatic rings. The maximum atomic E-state index is 5.03. The number of piperazine rings is 1. The van der Waals surface area contributed by atoms with Crippen molar-refractivity contribution in [3.8, 4) is 22.5 Å². The molecule has 4 aromatic rings. The van der Waals surface area contributed by atoms with Gasteiger partial charge in [-0.15, -0.1) is 0 Å². The van der Waals surface area contributed by atoms with Crippen LogP contribution in [0.25, 0.3) is 22.5 Å². The van der Waals surface area contributed by atoms with Crippen LogP contribution in [-0.2, 0) is 6.54 Å². The summed E-state index contributed by atoms with van der Waals surface area (Å²) in [5, 5.41) is 0. The van der Waals surface area contributed by atoms with Gasteiger partial charge >= 0.3 is 0 Å². The highest BCUT2D eigenvalue weighted by molar-refractivity contribution is 5.78. The van der Waals surface area contributed by atoms with Crippen LogP contribution < -0.4 is 4.90 Å². The van der Waals surface area contributed by atoms with Gasteiger partial charge in [-0.25, -0.2) is 4.98 Å². The number of H-pyrrole nitrogens is 1. The largest absolute Gasteiger partial charge is 0.369 e. The average molecular weight is 409 g/mol. The number of anilines is 1. The first kappa shape index (κ1) is 19.6. The van der Waals surface area contributed by atoms with E-state index in [9.17, 15) is 0 Å². The first-order valence-electron chi connectivity index (χ1n) is 11.0. The Morgan fingerprint density at radius 2 is 1.45 bits per heavy atom. The van der Waals surface area contributed by atoms with E-state index in [1.807, 2.05) is 6.07 Å². The molecule has 4 nitrogen and oxygen atoms in total. The Balaban J connectivity index is 1.34. The van der Waals surface area contributed by atoms with Crippen LogP contribution in [0.1, 0.15) is 11.4 Å². The number of aryl methyl sites for hydroxylation is 1. The first-order valence-corrected chi connectivity index (χ1v) is 11.0. The van der Waals surface area contributed by atoms with E-state index in [-0.39, 0.29) is 0 Å². The minimum absolute atomic E-state index is 0.842. The standard InChI is InChI=1S/C27H28N4/c1-21-9-8-14-24(19-21)31-17-15-30(16-18-31)20-25-28-26(22-10-4-2-5-11-22)27(29-25)23-12-6-3-7-13-23/h2-14,19H,15-18,20H2,1H3,(H,28,29). The Morgan fingerprint density at radius 1 is 0.774 bits per heavy atom. The molecule has 0 bridgehead atoms. The van der Waals surface area contributed by atoms with E-state index in [1.165, 1.54) is 16.8 Å². The molecular weight excluding hydrogens is 380 g/mol. The summed E-state index contributed by atoms with van der Waals surface area (Å²) in [5.74, 6) is 1.03. The SMILES string of the molecule is Cc1cccc(N2CCN(Cc3nc(-c4ccccc4)c(-c4ccccc4)[nH]3)CC2)c1. The van der Waals surface area contributed by atoms with E-state index in [0.717, 1.165) is 55.5 Å². The molecule has 0 radical (unpaired) electrons. The third-order valence-corrected chi connectivity index (χ3v) is 5.98. The van der Waals surface area contributed by atoms with Crippen LogP contribution in [0.5, 0.6) is 0 Å². The molecule has 0 atom stereocenters. The second-order valence-corrected chi connectivity index (χ2v) is 8.24. The van der Waals surface area contributed by atoms with Crippen LogP contribution in [0.3, 0.4) is 0 Å². The summed E-state index contributed by atoms with van der Waals surface area (Å²) in [5.41, 5.74) is 7.09. The zero-order chi connectivity index (χ0) is 21.0. The van der Waals surface area contributed by atoms with Gasteiger partial charge in [-0.05, 0) is 24.6 Å². The topological polar surface area (TPSA) is 35.2 Å². The quantitative estimate of drug-likeness (QED) is 0.482. The Kier molecular flexibility index (Phi) is 5.55. The van der Waals surface area contributed by atoms with Gasteiger partial charge in [-0.3, -0.25) is 4.90 Å². The highest BCUT2D eigenvalue weighted by Crippen LogP contribution is 2.30. The van der Waals surface area contributed by atoms with E-state index < -0.39 is 0 Å². The molecule has 1 N–H and O–H groups in total. The molecule has 0 amide bonds. The minimum atomic E-state index is 0.842. The van der Waals surface area contributed by atoms with Gasteiger partial charge in [0.2, 0.25) is 0 Å². The van der Waals surface area contributed by atoms with Gasteiger partial charge in [0.25, 0.3) is 0 Å². The van der Waals surface area contributed by atoms with Gasteiger partial charge in [-0.2, -0.15) is 0 Å². The van der Waals surface area contributed by atoms with Gasteiger partial charge in [0, 0.05) is 43.0 Å². The van der Waals surface area contributed by atoms with Crippen LogP contribution in [0, 0.1) is 6.92 Å². The van der Waals surface area contributed by atoms with Crippen LogP contribution >= 0.6 is 0 Å². The molecular formula is C27H28N4. The van der Waals surface area contributed by atoms with E-state index in [1.54, 1.807) is 0 Å². The van der Waals surface area contributed by atoms with Crippen molar-refractivity contribution >= 4 is 5.69 Å². The van der Waals surface area contributed by atoms with Crippen molar-refractivity contribution in [3.05, 3.63) is 96.3 Å². The molecule has 31 heavy (non-hydrogen) atoms. The van der Waals surface area contributed by atoms with Crippen LogP contribution in [0.15, 0.2) is 84.9 Å². The fourth-order valence-electron chi connectivity index (χ4n) is 4.32. The number of nitrogens with zero attached hydrogens (tertiary/aromatic N) is 3. The van der Waals surface area contributed by atoms with Crippen LogP contribution in [-0.4, -0.2) is 41.0 Å². The lowest BCUT2D eigenvalue weighted by Gasteiger charge is -2.35. The molecule has 3 aromatic carbocycles. The van der Waals surface area contributed by atoms with Crippen molar-refractivity contribution in [2.75, 3.05) is 31.1 Å². The summed E-state index contributed by atoms with van der Waals surface area (Å²) in [6, 6.07) is 29.8. The number of rotatable bonds is 5. The Morgan fingerprint density at radius 3 is 2.13 bits per heavy atom. The summed E-state index contributed by atoms with van der Waals surface area (Å²) < 4.78 is 0. The molecule has 1 fully saturated rings. The third-order valence-electron chi connectivity index (χ3n) is 5.98. The van der Waals surface area contributed by atoms with Gasteiger partial charge in [0.05, 0.1) is 17.9 Å². The lowest BCUT2D eigenvalue weighted by molar-refractivity contribution is 0.245. The summed E-state index contributed by atoms with van der Waals surface area (Å²) in [6.07, 6.45) is 0. The summed E-state index contributed by atoms with van der Waals surface area (Å²) in [7, 11) is 0. The number of imidazole rings is 1. The smallest absolute Gasteiger partial charge is 0.121 e. The molecule has 156 valence electrons. The summed E-state index contributed by atoms with van der Waals surface area (Å²) >= 11 is 0. The van der Waals surface area contributed by atoms with Gasteiger partial charge < -0.3 is 9.88 Å². The predicted octanol–water partition coefficient (Wildman–Crippen LogP) is 5.37. The zero-order valence-corrected chi connectivity index (χ0v) is 18.0. The fourth-order valence-corrected chi connectivity index (χ4v) is 4.32. The van der Waals surface area contributed by atoms with Gasteiger partial charge in [-0.1, -0.05) is 72.8 Å². The fraction of sp³-hybridized carbons (Fsp3) is 0.222. The summed E-state index contributed by atoms with van der Waals surface area (Å²) in [6.45, 7) is 7.16. The molecule has 0 spiro atoms. The van der Waals surface area contributed by atoms with Crippen LogP contribution in [0.2, 0.25) is 0 Å². The Labute approximate surface area is 184 Å². The van der Waals surface area contributed by atoms with Crippen molar-refractivity contribution in [1.82, 2.24) is 14.9 Å². The molecule has 1 saturated heterocycles. The average Bonchev–Trinajstić information content (AvgIpc) is 3.24. The normalized spacial score (nSPS) is 14.7. The minimum Gasteiger partial charge on any atom is -0.369 e. The van der Waals surface area contributed by atoms with Crippen LogP contribution in [0.4, 0.5) is 5.69 Å². The second-order valence-electron chi connectivity index (χ2n) is 8.24. The van der Waals surface area contributed by atoms with Crippen molar-refractivity contribution in [1.29, 1.82) is 0 Å². The molecule has 2 heterocycles. The van der Waals surface area contributed by atoms with E-state index in [0.29, 0.717) is 0 Å². The zero-order valence-electron chi connectivity index (χ0n) is 18.0. The predicted molar refractivity (Wildman–Crippen MR) is 128 cm³/mol. The Hall–Kier alpha value is -3.37. The third kappa shape index (κ3) is 4.39.